The zero-order valence-electron chi connectivity index (χ0n) is 17.1. The average Bonchev–Trinajstić information content (AvgIpc) is 3.19. The number of anilines is 1. The number of carbonyl (C=O) groups excluding carboxylic acids is 1. The maximum absolute atomic E-state index is 12.3. The van der Waals surface area contributed by atoms with Crippen LogP contribution >= 0.6 is 11.8 Å². The molecule has 0 aliphatic carbocycles. The molecule has 1 heterocycles. The lowest BCUT2D eigenvalue weighted by Gasteiger charge is -2.12. The minimum Gasteiger partial charge on any atom is -0.421 e. The van der Waals surface area contributed by atoms with Crippen molar-refractivity contribution in [2.45, 2.75) is 56.6 Å². The van der Waals surface area contributed by atoms with Gasteiger partial charge in [-0.25, -0.2) is 0 Å². The van der Waals surface area contributed by atoms with Crippen LogP contribution < -0.4 is 5.32 Å². The molecule has 1 amide bonds. The molecule has 0 aliphatic heterocycles. The SMILES string of the molecule is CCC(C)Sc1ccc(NC(=O)CCCc2nnc(-c3ccccc3)o2)c(C)c1. The molecule has 2 aromatic carbocycles. The maximum Gasteiger partial charge on any atom is 0.247 e. The van der Waals surface area contributed by atoms with Gasteiger partial charge in [0.2, 0.25) is 17.7 Å². The number of amides is 1. The predicted octanol–water partition coefficient (Wildman–Crippen LogP) is 5.90. The van der Waals surface area contributed by atoms with Gasteiger partial charge in [-0.1, -0.05) is 32.0 Å². The summed E-state index contributed by atoms with van der Waals surface area (Å²) in [5.74, 6) is 1.06. The Kier molecular flexibility index (Phi) is 7.47. The number of nitrogens with one attached hydrogen (secondary N) is 1. The van der Waals surface area contributed by atoms with Gasteiger partial charge in [0, 0.05) is 34.2 Å². The summed E-state index contributed by atoms with van der Waals surface area (Å²) in [6.07, 6.45) is 2.78. The Morgan fingerprint density at radius 2 is 1.97 bits per heavy atom. The highest BCUT2D eigenvalue weighted by molar-refractivity contribution is 7.99. The van der Waals surface area contributed by atoms with E-state index in [0.29, 0.717) is 36.3 Å². The molecule has 0 fully saturated rings. The third-order valence-electron chi connectivity index (χ3n) is 4.67. The average molecular weight is 410 g/mol. The summed E-state index contributed by atoms with van der Waals surface area (Å²) < 4.78 is 5.69. The highest BCUT2D eigenvalue weighted by atomic mass is 32.2. The second-order valence-electron chi connectivity index (χ2n) is 7.08. The monoisotopic (exact) mass is 409 g/mol. The summed E-state index contributed by atoms with van der Waals surface area (Å²) in [5.41, 5.74) is 2.85. The van der Waals surface area contributed by atoms with E-state index in [1.807, 2.05) is 55.1 Å². The van der Waals surface area contributed by atoms with Crippen LogP contribution in [0.25, 0.3) is 11.5 Å². The number of hydrogen-bond acceptors (Lipinski definition) is 5. The van der Waals surface area contributed by atoms with E-state index < -0.39 is 0 Å². The molecule has 0 aliphatic rings. The number of hydrogen-bond donors (Lipinski definition) is 1. The molecule has 1 aromatic heterocycles. The number of carbonyl (C=O) groups is 1. The van der Waals surface area contributed by atoms with Gasteiger partial charge in [0.15, 0.2) is 0 Å². The van der Waals surface area contributed by atoms with Gasteiger partial charge < -0.3 is 9.73 Å². The molecule has 1 unspecified atom stereocenters. The van der Waals surface area contributed by atoms with Crippen LogP contribution in [0.15, 0.2) is 57.8 Å². The fourth-order valence-electron chi connectivity index (χ4n) is 2.83. The van der Waals surface area contributed by atoms with Crippen molar-refractivity contribution in [2.75, 3.05) is 5.32 Å². The molecule has 152 valence electrons. The first-order chi connectivity index (χ1) is 14.0. The van der Waals surface area contributed by atoms with Crippen molar-refractivity contribution in [3.05, 3.63) is 60.0 Å². The van der Waals surface area contributed by atoms with Crippen molar-refractivity contribution in [3.63, 3.8) is 0 Å². The van der Waals surface area contributed by atoms with E-state index in [0.717, 1.165) is 23.2 Å². The number of aryl methyl sites for hydroxylation is 2. The minimum absolute atomic E-state index is 0.00164. The molecule has 29 heavy (non-hydrogen) atoms. The minimum atomic E-state index is -0.00164. The Labute approximate surface area is 176 Å². The van der Waals surface area contributed by atoms with Crippen LogP contribution in [0.2, 0.25) is 0 Å². The molecular formula is C23H27N3O2S. The third-order valence-corrected chi connectivity index (χ3v) is 5.93. The molecule has 3 aromatic rings. The third kappa shape index (κ3) is 6.19. The summed E-state index contributed by atoms with van der Waals surface area (Å²) >= 11 is 1.86. The first-order valence-electron chi connectivity index (χ1n) is 10.00. The second-order valence-corrected chi connectivity index (χ2v) is 8.59. The van der Waals surface area contributed by atoms with Gasteiger partial charge in [0.05, 0.1) is 0 Å². The smallest absolute Gasteiger partial charge is 0.247 e. The van der Waals surface area contributed by atoms with Crippen LogP contribution in [0, 0.1) is 6.92 Å². The van der Waals surface area contributed by atoms with Gasteiger partial charge in [0.1, 0.15) is 0 Å². The Hall–Kier alpha value is -2.60. The molecule has 0 spiro atoms. The van der Waals surface area contributed by atoms with E-state index in [9.17, 15) is 4.79 Å². The molecule has 6 heteroatoms. The van der Waals surface area contributed by atoms with Crippen molar-refractivity contribution in [3.8, 4) is 11.5 Å². The normalized spacial score (nSPS) is 12.0. The molecule has 3 rings (SSSR count). The lowest BCUT2D eigenvalue weighted by Crippen LogP contribution is -2.12. The second kappa shape index (κ2) is 10.3. The summed E-state index contributed by atoms with van der Waals surface area (Å²) in [7, 11) is 0. The van der Waals surface area contributed by atoms with Gasteiger partial charge in [-0.3, -0.25) is 4.79 Å². The number of rotatable bonds is 9. The van der Waals surface area contributed by atoms with Crippen molar-refractivity contribution in [1.82, 2.24) is 10.2 Å². The summed E-state index contributed by atoms with van der Waals surface area (Å²) in [5, 5.41) is 11.7. The van der Waals surface area contributed by atoms with Gasteiger partial charge in [0.25, 0.3) is 0 Å². The Morgan fingerprint density at radius 3 is 2.69 bits per heavy atom. The number of thioether (sulfide) groups is 1. The Balaban J connectivity index is 1.47. The largest absolute Gasteiger partial charge is 0.421 e. The van der Waals surface area contributed by atoms with E-state index in [4.69, 9.17) is 4.42 Å². The highest BCUT2D eigenvalue weighted by Crippen LogP contribution is 2.28. The molecule has 1 N–H and O–H groups in total. The summed E-state index contributed by atoms with van der Waals surface area (Å²) in [6.45, 7) is 6.44. The lowest BCUT2D eigenvalue weighted by atomic mass is 10.2. The maximum atomic E-state index is 12.3. The molecule has 0 radical (unpaired) electrons. The van der Waals surface area contributed by atoms with Crippen LogP contribution in [-0.2, 0) is 11.2 Å². The summed E-state index contributed by atoms with van der Waals surface area (Å²) in [6, 6.07) is 15.9. The van der Waals surface area contributed by atoms with Crippen molar-refractivity contribution in [1.29, 1.82) is 0 Å². The lowest BCUT2D eigenvalue weighted by molar-refractivity contribution is -0.116. The molecule has 0 saturated carbocycles. The Morgan fingerprint density at radius 1 is 1.17 bits per heavy atom. The first-order valence-corrected chi connectivity index (χ1v) is 10.9. The van der Waals surface area contributed by atoms with E-state index >= 15 is 0 Å². The first kappa shape index (κ1) is 21.1. The van der Waals surface area contributed by atoms with Gasteiger partial charge in [-0.2, -0.15) is 0 Å². The highest BCUT2D eigenvalue weighted by Gasteiger charge is 2.11. The van der Waals surface area contributed by atoms with Crippen LogP contribution in [0.1, 0.15) is 44.6 Å². The fraction of sp³-hybridized carbons (Fsp3) is 0.348. The van der Waals surface area contributed by atoms with Crippen molar-refractivity contribution < 1.29 is 9.21 Å². The Bertz CT molecular complexity index is 940. The van der Waals surface area contributed by atoms with Crippen LogP contribution in [0.5, 0.6) is 0 Å². The van der Waals surface area contributed by atoms with E-state index in [1.165, 1.54) is 4.90 Å². The number of nitrogens with zero attached hydrogens (tertiary/aromatic N) is 2. The zero-order valence-corrected chi connectivity index (χ0v) is 18.0. The van der Waals surface area contributed by atoms with Crippen molar-refractivity contribution >= 4 is 23.4 Å². The molecule has 5 nitrogen and oxygen atoms in total. The predicted molar refractivity (Wildman–Crippen MR) is 118 cm³/mol. The molecule has 0 saturated heterocycles. The van der Waals surface area contributed by atoms with E-state index in [-0.39, 0.29) is 5.91 Å². The molecule has 1 atom stereocenters. The van der Waals surface area contributed by atoms with Crippen LogP contribution in [0.4, 0.5) is 5.69 Å². The fourth-order valence-corrected chi connectivity index (χ4v) is 3.85. The van der Waals surface area contributed by atoms with Crippen molar-refractivity contribution in [2.24, 2.45) is 0 Å². The van der Waals surface area contributed by atoms with Gasteiger partial charge >= 0.3 is 0 Å². The topological polar surface area (TPSA) is 68.0 Å². The van der Waals surface area contributed by atoms with Gasteiger partial charge in [-0.05, 0) is 55.7 Å². The van der Waals surface area contributed by atoms with Crippen LogP contribution in [-0.4, -0.2) is 21.4 Å². The van der Waals surface area contributed by atoms with Gasteiger partial charge in [-0.15, -0.1) is 22.0 Å². The zero-order chi connectivity index (χ0) is 20.6. The van der Waals surface area contributed by atoms with E-state index in [1.54, 1.807) is 0 Å². The number of aromatic nitrogens is 2. The van der Waals surface area contributed by atoms with Crippen LogP contribution in [0.3, 0.4) is 0 Å². The standard InChI is InChI=1S/C23H27N3O2S/c1-4-17(3)29-19-13-14-20(16(2)15-19)24-21(27)11-8-12-22-25-26-23(28-22)18-9-6-5-7-10-18/h5-7,9-10,13-15,17H,4,8,11-12H2,1-3H3,(H,24,27). The quantitative estimate of drug-likeness (QED) is 0.446. The summed E-state index contributed by atoms with van der Waals surface area (Å²) in [4.78, 5) is 13.5. The van der Waals surface area contributed by atoms with E-state index in [2.05, 4.69) is 41.5 Å². The number of benzene rings is 2. The molecular weight excluding hydrogens is 382 g/mol. The molecule has 0 bridgehead atoms.